The lowest BCUT2D eigenvalue weighted by atomic mass is 9.93. The molecule has 11 nitrogen and oxygen atoms in total. The van der Waals surface area contributed by atoms with Crippen molar-refractivity contribution in [2.24, 2.45) is 0 Å². The second-order valence-corrected chi connectivity index (χ2v) is 13.3. The maximum Gasteiger partial charge on any atom is 0.407 e. The number of carbonyl (C=O) groups excluding carboxylic acids is 4. The van der Waals surface area contributed by atoms with Gasteiger partial charge in [-0.2, -0.15) is 0 Å². The number of hydrogen-bond donors (Lipinski definition) is 3. The molecule has 0 saturated carbocycles. The average Bonchev–Trinajstić information content (AvgIpc) is 3.47. The summed E-state index contributed by atoms with van der Waals surface area (Å²) in [5.41, 5.74) is 0.0949. The second kappa shape index (κ2) is 15.0. The van der Waals surface area contributed by atoms with Gasteiger partial charge in [-0.1, -0.05) is 6.92 Å². The van der Waals surface area contributed by atoms with Crippen molar-refractivity contribution in [3.05, 3.63) is 87.6 Å². The summed E-state index contributed by atoms with van der Waals surface area (Å²) in [5, 5.41) is 9.41. The number of rotatable bonds is 9. The van der Waals surface area contributed by atoms with Crippen molar-refractivity contribution >= 4 is 40.9 Å². The van der Waals surface area contributed by atoms with E-state index in [1.807, 2.05) is 18.4 Å². The molecule has 50 heavy (non-hydrogen) atoms. The summed E-state index contributed by atoms with van der Waals surface area (Å²) in [6.45, 7) is 7.43. The number of methoxy groups -OCH3 is 1. The Morgan fingerprint density at radius 1 is 0.960 bits per heavy atom. The number of ether oxygens (including phenoxy) is 3. The number of carbonyl (C=O) groups is 4. The zero-order valence-electron chi connectivity index (χ0n) is 28.1. The lowest BCUT2D eigenvalue weighted by molar-refractivity contribution is 0.0521. The number of nitrogens with zero attached hydrogens (tertiary/aromatic N) is 1. The smallest absolute Gasteiger partial charge is 0.407 e. The van der Waals surface area contributed by atoms with Crippen LogP contribution in [-0.4, -0.2) is 54.7 Å². The predicted octanol–water partition coefficient (Wildman–Crippen LogP) is 6.89. The molecule has 0 aliphatic carbocycles. The Labute approximate surface area is 291 Å². The minimum atomic E-state index is -1.08. The highest BCUT2D eigenvalue weighted by Crippen LogP contribution is 2.43. The molecule has 1 aliphatic rings. The van der Waals surface area contributed by atoms with Crippen molar-refractivity contribution in [1.82, 2.24) is 15.6 Å². The highest BCUT2D eigenvalue weighted by Gasteiger charge is 2.28. The Bertz CT molecular complexity index is 1950. The zero-order chi connectivity index (χ0) is 36.2. The van der Waals surface area contributed by atoms with Gasteiger partial charge in [-0.25, -0.2) is 23.4 Å². The van der Waals surface area contributed by atoms with Gasteiger partial charge in [0, 0.05) is 46.6 Å². The molecule has 0 unspecified atom stereocenters. The minimum absolute atomic E-state index is 0.0479. The fraction of sp³-hybridized carbons (Fsp3) is 0.306. The van der Waals surface area contributed by atoms with Gasteiger partial charge in [-0.3, -0.25) is 9.59 Å². The molecular formula is C36H36F2N4O7S. The summed E-state index contributed by atoms with van der Waals surface area (Å²) >= 11 is 1.45. The molecule has 0 fully saturated rings. The summed E-state index contributed by atoms with van der Waals surface area (Å²) in [7, 11) is 1.15. The molecule has 0 bridgehead atoms. The molecule has 262 valence electrons. The summed E-state index contributed by atoms with van der Waals surface area (Å²) in [6.07, 6.45) is 0.520. The molecular weight excluding hydrogens is 670 g/mol. The number of aromatic nitrogens is 1. The van der Waals surface area contributed by atoms with E-state index in [0.29, 0.717) is 37.3 Å². The van der Waals surface area contributed by atoms with Gasteiger partial charge in [-0.15, -0.1) is 11.3 Å². The molecule has 0 saturated heterocycles. The standard InChI is InChI=1S/C36H36F2N4O7S/c1-6-11-39-33(44)27-8-7-21(29(41-27)34(45)47-5)22-17-28-24(31-20(9-12-48-28)10-13-50-31)16-23(22)32(43)42-30-25(37)14-19(15-26(30)38)18-40-35(46)49-36(2,3)4/h7-8,10,13-17H,6,9,11-12,18H2,1-5H3,(H,39,44)(H,40,46)(H,42,43). The third-order valence-electron chi connectivity index (χ3n) is 7.49. The van der Waals surface area contributed by atoms with Crippen molar-refractivity contribution < 1.29 is 42.2 Å². The van der Waals surface area contributed by atoms with Gasteiger partial charge in [0.25, 0.3) is 11.8 Å². The van der Waals surface area contributed by atoms with Crippen LogP contribution in [0.4, 0.5) is 19.3 Å². The lowest BCUT2D eigenvalue weighted by Gasteiger charge is -2.20. The first kappa shape index (κ1) is 35.9. The number of hydrogen-bond acceptors (Lipinski definition) is 9. The molecule has 3 amide bonds. The van der Waals surface area contributed by atoms with E-state index in [1.165, 1.54) is 23.5 Å². The molecule has 5 rings (SSSR count). The number of thiophene rings is 1. The van der Waals surface area contributed by atoms with Crippen LogP contribution < -0.4 is 20.7 Å². The van der Waals surface area contributed by atoms with Crippen LogP contribution in [0.2, 0.25) is 0 Å². The molecule has 14 heteroatoms. The number of pyridine rings is 1. The second-order valence-electron chi connectivity index (χ2n) is 12.4. The number of alkyl carbamates (subject to hydrolysis) is 1. The van der Waals surface area contributed by atoms with E-state index < -0.39 is 46.8 Å². The molecule has 1 aliphatic heterocycles. The van der Waals surface area contributed by atoms with Gasteiger partial charge in [0.05, 0.1) is 13.7 Å². The van der Waals surface area contributed by atoms with Crippen molar-refractivity contribution in [3.8, 4) is 27.3 Å². The van der Waals surface area contributed by atoms with E-state index in [4.69, 9.17) is 14.2 Å². The maximum atomic E-state index is 15.4. The van der Waals surface area contributed by atoms with Crippen LogP contribution in [0.1, 0.15) is 76.6 Å². The van der Waals surface area contributed by atoms with Crippen molar-refractivity contribution in [2.75, 3.05) is 25.6 Å². The summed E-state index contributed by atoms with van der Waals surface area (Å²) in [4.78, 5) is 57.0. The Hall–Kier alpha value is -5.37. The summed E-state index contributed by atoms with van der Waals surface area (Å²) < 4.78 is 47.0. The summed E-state index contributed by atoms with van der Waals surface area (Å²) in [5.74, 6) is -4.04. The number of halogens is 2. The Morgan fingerprint density at radius 3 is 2.38 bits per heavy atom. The van der Waals surface area contributed by atoms with Crippen molar-refractivity contribution in [3.63, 3.8) is 0 Å². The van der Waals surface area contributed by atoms with Crippen LogP contribution >= 0.6 is 11.3 Å². The van der Waals surface area contributed by atoms with Crippen LogP contribution in [0, 0.1) is 11.6 Å². The minimum Gasteiger partial charge on any atom is -0.493 e. The van der Waals surface area contributed by atoms with Crippen LogP contribution in [0.3, 0.4) is 0 Å². The first-order valence-electron chi connectivity index (χ1n) is 15.8. The van der Waals surface area contributed by atoms with E-state index in [2.05, 4.69) is 20.9 Å². The lowest BCUT2D eigenvalue weighted by Crippen LogP contribution is -2.32. The molecule has 3 N–H and O–H groups in total. The predicted molar refractivity (Wildman–Crippen MR) is 184 cm³/mol. The quantitative estimate of drug-likeness (QED) is 0.160. The van der Waals surface area contributed by atoms with Crippen LogP contribution in [0.25, 0.3) is 21.6 Å². The Kier molecular flexibility index (Phi) is 10.8. The summed E-state index contributed by atoms with van der Waals surface area (Å²) in [6, 6.07) is 9.90. The third kappa shape index (κ3) is 8.08. The van der Waals surface area contributed by atoms with E-state index in [1.54, 1.807) is 32.9 Å². The van der Waals surface area contributed by atoms with Crippen LogP contribution in [-0.2, 0) is 22.4 Å². The van der Waals surface area contributed by atoms with E-state index in [9.17, 15) is 19.2 Å². The molecule has 2 aromatic heterocycles. The highest BCUT2D eigenvalue weighted by molar-refractivity contribution is 7.13. The fourth-order valence-corrected chi connectivity index (χ4v) is 6.20. The molecule has 0 spiro atoms. The molecule has 3 heterocycles. The molecule has 0 atom stereocenters. The van der Waals surface area contributed by atoms with Crippen molar-refractivity contribution in [1.29, 1.82) is 0 Å². The van der Waals surface area contributed by atoms with Gasteiger partial charge in [0.1, 0.15) is 34.4 Å². The number of fused-ring (bicyclic) bond motifs is 3. The normalized spacial score (nSPS) is 12.1. The number of nitrogens with one attached hydrogen (secondary N) is 3. The Morgan fingerprint density at radius 2 is 1.70 bits per heavy atom. The number of esters is 1. The molecule has 0 radical (unpaired) electrons. The maximum absolute atomic E-state index is 15.4. The molecule has 2 aromatic carbocycles. The Balaban J connectivity index is 1.57. The number of benzene rings is 2. The highest BCUT2D eigenvalue weighted by atomic mass is 32.1. The average molecular weight is 707 g/mol. The van der Waals surface area contributed by atoms with E-state index in [0.717, 1.165) is 29.7 Å². The van der Waals surface area contributed by atoms with Gasteiger partial charge >= 0.3 is 12.1 Å². The zero-order valence-corrected chi connectivity index (χ0v) is 28.9. The SMILES string of the molecule is CCCNC(=O)c1ccc(-c2cc3c(cc2C(=O)Nc2c(F)cc(CNC(=O)OC(C)(C)C)cc2F)-c2sccc2CCO3)c(C(=O)OC)n1. The topological polar surface area (TPSA) is 145 Å². The van der Waals surface area contributed by atoms with Crippen molar-refractivity contribution in [2.45, 2.75) is 52.7 Å². The van der Waals surface area contributed by atoms with Gasteiger partial charge in [0.2, 0.25) is 0 Å². The first-order chi connectivity index (χ1) is 23.8. The van der Waals surface area contributed by atoms with Crippen LogP contribution in [0.5, 0.6) is 5.75 Å². The number of amides is 3. The molecule has 4 aromatic rings. The van der Waals surface area contributed by atoms with Gasteiger partial charge < -0.3 is 30.2 Å². The third-order valence-corrected chi connectivity index (χ3v) is 8.48. The largest absolute Gasteiger partial charge is 0.493 e. The first-order valence-corrected chi connectivity index (χ1v) is 16.7. The van der Waals surface area contributed by atoms with Gasteiger partial charge in [-0.05, 0) is 86.2 Å². The fourth-order valence-electron chi connectivity index (χ4n) is 5.23. The number of anilines is 1. The van der Waals surface area contributed by atoms with Gasteiger partial charge in [0.15, 0.2) is 5.69 Å². The monoisotopic (exact) mass is 706 g/mol. The van der Waals surface area contributed by atoms with E-state index in [-0.39, 0.29) is 40.2 Å². The van der Waals surface area contributed by atoms with E-state index >= 15 is 8.78 Å². The van der Waals surface area contributed by atoms with Crippen LogP contribution in [0.15, 0.2) is 47.8 Å².